The summed E-state index contributed by atoms with van der Waals surface area (Å²) < 4.78 is 34.5. The Morgan fingerprint density at radius 1 is 1.05 bits per heavy atom. The van der Waals surface area contributed by atoms with Gasteiger partial charge >= 0.3 is 5.97 Å². The van der Waals surface area contributed by atoms with E-state index in [1.165, 1.54) is 23.5 Å². The van der Waals surface area contributed by atoms with Crippen LogP contribution in [0.5, 0.6) is 11.5 Å². The molecule has 0 fully saturated rings. The first-order chi connectivity index (χ1) is 18.1. The predicted molar refractivity (Wildman–Crippen MR) is 144 cm³/mol. The van der Waals surface area contributed by atoms with Crippen molar-refractivity contribution in [3.05, 3.63) is 83.0 Å². The molecule has 2 aromatic carbocycles. The number of nitrogens with zero attached hydrogens (tertiary/aromatic N) is 2. The molecular formula is C27H25N3O6S2. The maximum Gasteiger partial charge on any atom is 0.311 e. The highest BCUT2D eigenvalue weighted by molar-refractivity contribution is 7.90. The van der Waals surface area contributed by atoms with Crippen LogP contribution in [-0.2, 0) is 25.8 Å². The highest BCUT2D eigenvalue weighted by atomic mass is 32.2. The van der Waals surface area contributed by atoms with Gasteiger partial charge in [0.1, 0.15) is 11.5 Å². The van der Waals surface area contributed by atoms with E-state index in [0.717, 1.165) is 11.8 Å². The fourth-order valence-corrected chi connectivity index (χ4v) is 4.92. The first-order valence-corrected chi connectivity index (χ1v) is 14.4. The predicted octanol–water partition coefficient (Wildman–Crippen LogP) is 5.07. The zero-order chi connectivity index (χ0) is 27.3. The number of anilines is 1. The van der Waals surface area contributed by atoms with Gasteiger partial charge in [-0.05, 0) is 67.9 Å². The van der Waals surface area contributed by atoms with Crippen LogP contribution in [0.25, 0.3) is 11.3 Å². The first kappa shape index (κ1) is 27.0. The van der Waals surface area contributed by atoms with Crippen molar-refractivity contribution in [3.8, 4) is 22.8 Å². The molecule has 11 heteroatoms. The van der Waals surface area contributed by atoms with Crippen molar-refractivity contribution < 1.29 is 27.5 Å². The number of benzene rings is 2. The molecule has 0 saturated heterocycles. The third-order valence-electron chi connectivity index (χ3n) is 5.34. The summed E-state index contributed by atoms with van der Waals surface area (Å²) in [6.45, 7) is 3.93. The van der Waals surface area contributed by atoms with E-state index >= 15 is 0 Å². The van der Waals surface area contributed by atoms with E-state index in [1.807, 2.05) is 19.1 Å². The number of aromatic nitrogens is 2. The van der Waals surface area contributed by atoms with Gasteiger partial charge in [0.25, 0.3) is 5.91 Å². The molecule has 0 aliphatic heterocycles. The Morgan fingerprint density at radius 3 is 2.50 bits per heavy atom. The largest absolute Gasteiger partial charge is 0.466 e. The molecule has 0 aliphatic carbocycles. The molecule has 4 aromatic rings. The molecule has 0 spiro atoms. The molecule has 0 aliphatic rings. The van der Waals surface area contributed by atoms with E-state index in [0.29, 0.717) is 39.1 Å². The fraction of sp³-hybridized carbons (Fsp3) is 0.185. The molecule has 1 amide bonds. The average Bonchev–Trinajstić information content (AvgIpc) is 3.30. The Kier molecular flexibility index (Phi) is 8.18. The second kappa shape index (κ2) is 11.5. The fourth-order valence-electron chi connectivity index (χ4n) is 3.58. The molecule has 38 heavy (non-hydrogen) atoms. The average molecular weight is 552 g/mol. The van der Waals surface area contributed by atoms with Crippen LogP contribution in [-0.4, -0.2) is 43.1 Å². The zero-order valence-corrected chi connectivity index (χ0v) is 22.6. The normalized spacial score (nSPS) is 11.1. The molecule has 0 unspecified atom stereocenters. The van der Waals surface area contributed by atoms with Crippen LogP contribution in [0.15, 0.2) is 71.1 Å². The van der Waals surface area contributed by atoms with Crippen molar-refractivity contribution in [2.75, 3.05) is 18.2 Å². The number of ether oxygens (including phenoxy) is 2. The quantitative estimate of drug-likeness (QED) is 0.286. The number of pyridine rings is 1. The maximum absolute atomic E-state index is 13.2. The SMILES string of the molecule is CCOC(=O)Cc1csc(NC(=O)c2cc(Oc3ccc(S(C)(=O)=O)cc3)cc(-c3ncccc3C)c2)n1. The number of carbonyl (C=O) groups excluding carboxylic acids is 2. The van der Waals surface area contributed by atoms with Gasteiger partial charge in [-0.2, -0.15) is 0 Å². The summed E-state index contributed by atoms with van der Waals surface area (Å²) in [7, 11) is -3.34. The number of nitrogens with one attached hydrogen (secondary N) is 1. The molecule has 1 N–H and O–H groups in total. The molecule has 4 rings (SSSR count). The zero-order valence-electron chi connectivity index (χ0n) is 20.9. The number of sulfone groups is 1. The number of aryl methyl sites for hydroxylation is 1. The van der Waals surface area contributed by atoms with Crippen molar-refractivity contribution >= 4 is 38.2 Å². The van der Waals surface area contributed by atoms with Gasteiger partial charge in [0.05, 0.1) is 29.3 Å². The number of esters is 1. The highest BCUT2D eigenvalue weighted by Gasteiger charge is 2.16. The minimum absolute atomic E-state index is 0.0186. The number of hydrogen-bond acceptors (Lipinski definition) is 9. The third-order valence-corrected chi connectivity index (χ3v) is 7.28. The van der Waals surface area contributed by atoms with E-state index < -0.39 is 15.7 Å². The van der Waals surface area contributed by atoms with Crippen LogP contribution in [0.2, 0.25) is 0 Å². The summed E-state index contributed by atoms with van der Waals surface area (Å²) in [6, 6.07) is 14.8. The molecule has 0 saturated carbocycles. The number of hydrogen-bond donors (Lipinski definition) is 1. The van der Waals surface area contributed by atoms with Gasteiger partial charge in [0.2, 0.25) is 0 Å². The monoisotopic (exact) mass is 551 g/mol. The summed E-state index contributed by atoms with van der Waals surface area (Å²) in [5.41, 5.74) is 3.07. The standard InChI is InChI=1S/C27H25N3O6S2/c1-4-35-24(31)15-20-16-37-27(29-20)30-26(32)19-12-18(25-17(2)6-5-11-28-25)13-22(14-19)36-21-7-9-23(10-8-21)38(3,33)34/h5-14,16H,4,15H2,1-3H3,(H,29,30,32). The van der Waals surface area contributed by atoms with Gasteiger partial charge in [-0.15, -0.1) is 11.3 Å². The Hall–Kier alpha value is -4.09. The Morgan fingerprint density at radius 2 is 1.82 bits per heavy atom. The first-order valence-electron chi connectivity index (χ1n) is 11.6. The molecule has 196 valence electrons. The van der Waals surface area contributed by atoms with Gasteiger partial charge in [0.15, 0.2) is 15.0 Å². The summed E-state index contributed by atoms with van der Waals surface area (Å²) in [6.07, 6.45) is 2.82. The highest BCUT2D eigenvalue weighted by Crippen LogP contribution is 2.31. The van der Waals surface area contributed by atoms with Gasteiger partial charge in [-0.3, -0.25) is 19.9 Å². The van der Waals surface area contributed by atoms with Crippen LogP contribution < -0.4 is 10.1 Å². The lowest BCUT2D eigenvalue weighted by Gasteiger charge is -2.12. The number of amides is 1. The molecule has 2 aromatic heterocycles. The van der Waals surface area contributed by atoms with E-state index in [-0.39, 0.29) is 23.9 Å². The Balaban J connectivity index is 1.62. The number of carbonyl (C=O) groups is 2. The lowest BCUT2D eigenvalue weighted by Crippen LogP contribution is -2.13. The Bertz CT molecular complexity index is 1580. The minimum Gasteiger partial charge on any atom is -0.466 e. The number of rotatable bonds is 9. The molecule has 0 bridgehead atoms. The van der Waals surface area contributed by atoms with Crippen LogP contribution in [0, 0.1) is 6.92 Å². The molecule has 2 heterocycles. The maximum atomic E-state index is 13.2. The summed E-state index contributed by atoms with van der Waals surface area (Å²) in [5.74, 6) is -0.0376. The summed E-state index contributed by atoms with van der Waals surface area (Å²) in [5, 5.41) is 4.80. The van der Waals surface area contributed by atoms with Crippen LogP contribution in [0.1, 0.15) is 28.5 Å². The summed E-state index contributed by atoms with van der Waals surface area (Å²) in [4.78, 5) is 33.9. The summed E-state index contributed by atoms with van der Waals surface area (Å²) >= 11 is 1.20. The van der Waals surface area contributed by atoms with Crippen molar-refractivity contribution in [1.29, 1.82) is 0 Å². The van der Waals surface area contributed by atoms with Crippen LogP contribution in [0.3, 0.4) is 0 Å². The topological polar surface area (TPSA) is 125 Å². The smallest absolute Gasteiger partial charge is 0.311 e. The van der Waals surface area contributed by atoms with E-state index in [2.05, 4.69) is 15.3 Å². The van der Waals surface area contributed by atoms with Crippen molar-refractivity contribution in [3.63, 3.8) is 0 Å². The molecule has 0 atom stereocenters. The lowest BCUT2D eigenvalue weighted by molar-refractivity contribution is -0.142. The molecular weight excluding hydrogens is 526 g/mol. The van der Waals surface area contributed by atoms with Crippen molar-refractivity contribution in [2.24, 2.45) is 0 Å². The number of thiazole rings is 1. The van der Waals surface area contributed by atoms with Gasteiger partial charge in [-0.25, -0.2) is 13.4 Å². The van der Waals surface area contributed by atoms with E-state index in [4.69, 9.17) is 9.47 Å². The van der Waals surface area contributed by atoms with Gasteiger partial charge in [0, 0.05) is 29.0 Å². The van der Waals surface area contributed by atoms with Crippen molar-refractivity contribution in [1.82, 2.24) is 9.97 Å². The lowest BCUT2D eigenvalue weighted by atomic mass is 10.0. The van der Waals surface area contributed by atoms with Gasteiger partial charge in [-0.1, -0.05) is 6.07 Å². The van der Waals surface area contributed by atoms with Crippen molar-refractivity contribution in [2.45, 2.75) is 25.2 Å². The second-order valence-corrected chi connectivity index (χ2v) is 11.2. The molecule has 9 nitrogen and oxygen atoms in total. The minimum atomic E-state index is -3.34. The van der Waals surface area contributed by atoms with E-state index in [1.54, 1.807) is 48.8 Å². The Labute approximate surface area is 224 Å². The van der Waals surface area contributed by atoms with Crippen LogP contribution >= 0.6 is 11.3 Å². The third kappa shape index (κ3) is 6.81. The molecule has 0 radical (unpaired) electrons. The second-order valence-electron chi connectivity index (χ2n) is 8.34. The van der Waals surface area contributed by atoms with Crippen LogP contribution in [0.4, 0.5) is 5.13 Å². The van der Waals surface area contributed by atoms with Gasteiger partial charge < -0.3 is 9.47 Å². The van der Waals surface area contributed by atoms with E-state index in [9.17, 15) is 18.0 Å².